The van der Waals surface area contributed by atoms with Gasteiger partial charge in [-0.25, -0.2) is 0 Å². The van der Waals surface area contributed by atoms with Crippen molar-refractivity contribution in [1.82, 2.24) is 18.8 Å². The van der Waals surface area contributed by atoms with Gasteiger partial charge in [-0.05, 0) is 35.7 Å². The first kappa shape index (κ1) is 25.1. The number of aromatic amines is 2. The molecule has 0 spiro atoms. The number of aromatic nitrogens is 4. The highest BCUT2D eigenvalue weighted by molar-refractivity contribution is 7.17. The summed E-state index contributed by atoms with van der Waals surface area (Å²) < 4.78 is 4.99. The summed E-state index contributed by atoms with van der Waals surface area (Å²) in [6.07, 6.45) is 0. The monoisotopic (exact) mass is 620 g/mol. The van der Waals surface area contributed by atoms with Crippen molar-refractivity contribution in [2.45, 2.75) is 0 Å². The van der Waals surface area contributed by atoms with Crippen molar-refractivity contribution < 1.29 is 0 Å². The Bertz CT molecular complexity index is 3190. The van der Waals surface area contributed by atoms with E-state index in [1.54, 1.807) is 0 Å². The number of nitrogens with one attached hydrogen (secondary N) is 2. The molecule has 6 heterocycles. The van der Waals surface area contributed by atoms with Crippen molar-refractivity contribution in [1.29, 1.82) is 0 Å². The molecule has 0 saturated carbocycles. The van der Waals surface area contributed by atoms with Gasteiger partial charge in [-0.1, -0.05) is 97.1 Å². The number of thiophene rings is 1. The molecule has 6 heteroatoms. The number of rotatable bonds is 0. The fourth-order valence-electron chi connectivity index (χ4n) is 7.94. The normalized spacial score (nSPS) is 12.3. The van der Waals surface area contributed by atoms with Crippen LogP contribution in [0.5, 0.6) is 0 Å². The summed E-state index contributed by atoms with van der Waals surface area (Å²) in [5.74, 6) is 0. The van der Waals surface area contributed by atoms with E-state index in [9.17, 15) is 4.79 Å². The molecule has 0 aliphatic heterocycles. The van der Waals surface area contributed by atoms with Gasteiger partial charge in [0.15, 0.2) is 0 Å². The Hall–Kier alpha value is -6.11. The van der Waals surface area contributed by atoms with Crippen LogP contribution in [0.3, 0.4) is 0 Å². The quantitative estimate of drug-likeness (QED) is 0.174. The maximum Gasteiger partial charge on any atom is 0.275 e. The third-order valence-electron chi connectivity index (χ3n) is 9.91. The lowest BCUT2D eigenvalue weighted by atomic mass is 10.1. The van der Waals surface area contributed by atoms with E-state index >= 15 is 0 Å². The lowest BCUT2D eigenvalue weighted by molar-refractivity contribution is 1.22. The fraction of sp³-hybridized carbons (Fsp3) is 0. The van der Waals surface area contributed by atoms with Gasteiger partial charge in [0, 0.05) is 54.1 Å². The highest BCUT2D eigenvalue weighted by Gasteiger charge is 2.21. The molecule has 12 aromatic rings. The highest BCUT2D eigenvalue weighted by Crippen LogP contribution is 2.39. The SMILES string of the molecule is O=c1c2sccc2n2c3ccccc3c3ccc4c5ccccc5n1c4c32.c1ccc2c(c1)[nH]c1c2ccc2c3ccccc3[nH]c21. The second-order valence-corrected chi connectivity index (χ2v) is 13.2. The molecule has 0 bridgehead atoms. The van der Waals surface area contributed by atoms with Crippen LogP contribution in [-0.2, 0) is 0 Å². The summed E-state index contributed by atoms with van der Waals surface area (Å²) in [7, 11) is 0. The van der Waals surface area contributed by atoms with E-state index in [1.165, 1.54) is 65.7 Å². The van der Waals surface area contributed by atoms with Crippen LogP contribution >= 0.6 is 11.3 Å². The molecule has 2 N–H and O–H groups in total. The first-order chi connectivity index (χ1) is 23.3. The topological polar surface area (TPSA) is 57.5 Å². The first-order valence-corrected chi connectivity index (χ1v) is 16.6. The minimum absolute atomic E-state index is 0.0616. The lowest BCUT2D eigenvalue weighted by Gasteiger charge is -1.98. The predicted octanol–water partition coefficient (Wildman–Crippen LogP) is 10.6. The van der Waals surface area contributed by atoms with Crippen LogP contribution in [0.1, 0.15) is 0 Å². The number of para-hydroxylation sites is 4. The van der Waals surface area contributed by atoms with Gasteiger partial charge in [-0.2, -0.15) is 0 Å². The summed E-state index contributed by atoms with van der Waals surface area (Å²) in [5, 5.41) is 11.8. The second kappa shape index (κ2) is 9.00. The Morgan fingerprint density at radius 3 is 1.49 bits per heavy atom. The maximum absolute atomic E-state index is 13.6. The van der Waals surface area contributed by atoms with Crippen LogP contribution in [0.2, 0.25) is 0 Å². The van der Waals surface area contributed by atoms with Gasteiger partial charge in [-0.15, -0.1) is 11.3 Å². The van der Waals surface area contributed by atoms with Gasteiger partial charge in [0.2, 0.25) is 0 Å². The van der Waals surface area contributed by atoms with Gasteiger partial charge in [-0.3, -0.25) is 9.20 Å². The van der Waals surface area contributed by atoms with Crippen molar-refractivity contribution in [3.8, 4) is 0 Å². The molecular weight excluding hydrogens is 597 g/mol. The van der Waals surface area contributed by atoms with Gasteiger partial charge in [0.25, 0.3) is 5.56 Å². The van der Waals surface area contributed by atoms with E-state index in [0.29, 0.717) is 0 Å². The number of fused-ring (bicyclic) bond motifs is 15. The Morgan fingerprint density at radius 2 is 0.894 bits per heavy atom. The zero-order chi connectivity index (χ0) is 30.8. The molecule has 0 radical (unpaired) electrons. The average molecular weight is 621 g/mol. The minimum atomic E-state index is 0.0616. The van der Waals surface area contributed by atoms with Crippen molar-refractivity contribution in [3.05, 3.63) is 143 Å². The van der Waals surface area contributed by atoms with Crippen LogP contribution < -0.4 is 5.56 Å². The van der Waals surface area contributed by atoms with Crippen LogP contribution in [0.25, 0.3) is 97.4 Å². The van der Waals surface area contributed by atoms with E-state index in [1.807, 2.05) is 28.0 Å². The van der Waals surface area contributed by atoms with E-state index in [-0.39, 0.29) is 5.56 Å². The summed E-state index contributed by atoms with van der Waals surface area (Å²) in [6.45, 7) is 0. The number of hydrogen-bond acceptors (Lipinski definition) is 2. The van der Waals surface area contributed by atoms with Gasteiger partial charge < -0.3 is 14.4 Å². The standard InChI is InChI=1S/C23H12N2OS.C18H12N2/c26-23-22-19(11-12-27-22)24-17-7-3-1-5-13(17)15-9-10-16-14-6-2-4-8-18(14)25(23)21(16)20(15)24;1-3-7-15-11(5-1)13-9-10-14-12-6-2-4-8-16(12)20-18(14)17(13)19-15/h1-12H;1-10,19-20H. The predicted molar refractivity (Wildman–Crippen MR) is 199 cm³/mol. The van der Waals surface area contributed by atoms with Crippen LogP contribution in [0.4, 0.5) is 0 Å². The third-order valence-corrected chi connectivity index (χ3v) is 10.8. The largest absolute Gasteiger partial charge is 0.353 e. The zero-order valence-electron chi connectivity index (χ0n) is 24.9. The molecule has 0 atom stereocenters. The number of hydrogen-bond donors (Lipinski definition) is 2. The highest BCUT2D eigenvalue weighted by atomic mass is 32.1. The number of H-pyrrole nitrogens is 2. The van der Waals surface area contributed by atoms with Gasteiger partial charge in [0.05, 0.1) is 38.6 Å². The van der Waals surface area contributed by atoms with Crippen molar-refractivity contribution in [3.63, 3.8) is 0 Å². The van der Waals surface area contributed by atoms with Crippen LogP contribution in [0, 0.1) is 0 Å². The molecular formula is C41H24N4OS. The fourth-order valence-corrected chi connectivity index (χ4v) is 8.74. The Kier molecular flexibility index (Phi) is 4.81. The smallest absolute Gasteiger partial charge is 0.275 e. The van der Waals surface area contributed by atoms with E-state index in [2.05, 4.69) is 124 Å². The van der Waals surface area contributed by atoms with E-state index < -0.39 is 0 Å². The molecule has 47 heavy (non-hydrogen) atoms. The van der Waals surface area contributed by atoms with Gasteiger partial charge in [0.1, 0.15) is 4.70 Å². The van der Waals surface area contributed by atoms with Crippen molar-refractivity contribution in [2.75, 3.05) is 0 Å². The molecule has 0 unspecified atom stereocenters. The minimum Gasteiger partial charge on any atom is -0.353 e. The first-order valence-electron chi connectivity index (χ1n) is 15.7. The summed E-state index contributed by atoms with van der Waals surface area (Å²) in [4.78, 5) is 20.7. The molecule has 12 rings (SSSR count). The third kappa shape index (κ3) is 3.19. The van der Waals surface area contributed by atoms with E-state index in [4.69, 9.17) is 0 Å². The molecule has 0 fully saturated rings. The summed E-state index contributed by atoms with van der Waals surface area (Å²) >= 11 is 1.52. The molecule has 0 aliphatic carbocycles. The molecule has 0 aliphatic rings. The lowest BCUT2D eigenvalue weighted by Crippen LogP contribution is -2.08. The summed E-state index contributed by atoms with van der Waals surface area (Å²) in [5.41, 5.74) is 10.1. The van der Waals surface area contributed by atoms with Crippen LogP contribution in [0.15, 0.2) is 138 Å². The Balaban J connectivity index is 0.000000121. The molecule has 0 amide bonds. The maximum atomic E-state index is 13.6. The van der Waals surface area contributed by atoms with Crippen LogP contribution in [-0.4, -0.2) is 18.8 Å². The number of benzene rings is 6. The molecule has 6 aromatic heterocycles. The zero-order valence-corrected chi connectivity index (χ0v) is 25.7. The second-order valence-electron chi connectivity index (χ2n) is 12.3. The Morgan fingerprint density at radius 1 is 0.426 bits per heavy atom. The molecule has 5 nitrogen and oxygen atoms in total. The van der Waals surface area contributed by atoms with Gasteiger partial charge >= 0.3 is 0 Å². The average Bonchev–Trinajstić information content (AvgIpc) is 3.93. The molecule has 220 valence electrons. The molecule has 0 saturated heterocycles. The van der Waals surface area contributed by atoms with E-state index in [0.717, 1.165) is 43.1 Å². The number of nitrogens with zero attached hydrogens (tertiary/aromatic N) is 2. The molecule has 6 aromatic carbocycles. The Labute approximate surface area is 269 Å². The summed E-state index contributed by atoms with van der Waals surface area (Å²) in [6, 6.07) is 44.4. The van der Waals surface area contributed by atoms with Crippen molar-refractivity contribution in [2.24, 2.45) is 0 Å². The van der Waals surface area contributed by atoms with Crippen molar-refractivity contribution >= 4 is 109 Å².